The minimum absolute atomic E-state index is 0.0313. The van der Waals surface area contributed by atoms with Crippen molar-refractivity contribution in [3.63, 3.8) is 0 Å². The van der Waals surface area contributed by atoms with Crippen molar-refractivity contribution in [2.24, 2.45) is 0 Å². The maximum absolute atomic E-state index is 11.9. The summed E-state index contributed by atoms with van der Waals surface area (Å²) < 4.78 is 26.1. The maximum Gasteiger partial charge on any atom is 0.407 e. The second kappa shape index (κ2) is 17.4. The van der Waals surface area contributed by atoms with Crippen LogP contribution in [0, 0.1) is 10.1 Å². The summed E-state index contributed by atoms with van der Waals surface area (Å²) in [4.78, 5) is 34.2. The van der Waals surface area contributed by atoms with E-state index in [-0.39, 0.29) is 56.7 Å². The molecule has 12 nitrogen and oxygen atoms in total. The van der Waals surface area contributed by atoms with Gasteiger partial charge < -0.3 is 34.3 Å². The first-order chi connectivity index (χ1) is 16.4. The van der Waals surface area contributed by atoms with Crippen molar-refractivity contribution in [1.29, 1.82) is 0 Å². The second-order valence-corrected chi connectivity index (χ2v) is 6.92. The number of hydrogen-bond donors (Lipinski definition) is 2. The summed E-state index contributed by atoms with van der Waals surface area (Å²) in [6.07, 6.45) is 0.495. The van der Waals surface area contributed by atoms with E-state index < -0.39 is 11.0 Å². The topological polar surface area (TPSA) is 147 Å². The van der Waals surface area contributed by atoms with Crippen LogP contribution in [0.3, 0.4) is 0 Å². The molecule has 0 heterocycles. The van der Waals surface area contributed by atoms with Gasteiger partial charge in [-0.2, -0.15) is 0 Å². The predicted molar refractivity (Wildman–Crippen MR) is 123 cm³/mol. The lowest BCUT2D eigenvalue weighted by Gasteiger charge is -2.12. The van der Waals surface area contributed by atoms with Crippen molar-refractivity contribution in [3.05, 3.63) is 27.8 Å². The summed E-state index contributed by atoms with van der Waals surface area (Å²) in [6.45, 7) is 6.33. The van der Waals surface area contributed by atoms with Crippen LogP contribution in [0.4, 0.5) is 10.5 Å². The Kier molecular flexibility index (Phi) is 14.8. The molecule has 2 N–H and O–H groups in total. The zero-order valence-corrected chi connectivity index (χ0v) is 20.1. The molecule has 2 amide bonds. The predicted octanol–water partition coefficient (Wildman–Crippen LogP) is 2.22. The lowest BCUT2D eigenvalue weighted by atomic mass is 10.1. The van der Waals surface area contributed by atoms with E-state index in [1.54, 1.807) is 6.07 Å². The molecule has 0 saturated heterocycles. The zero-order chi connectivity index (χ0) is 25.2. The van der Waals surface area contributed by atoms with Crippen molar-refractivity contribution < 1.29 is 38.2 Å². The quantitative estimate of drug-likeness (QED) is 0.181. The molecule has 34 heavy (non-hydrogen) atoms. The fourth-order valence-corrected chi connectivity index (χ4v) is 2.80. The highest BCUT2D eigenvalue weighted by Crippen LogP contribution is 2.35. The van der Waals surface area contributed by atoms with Crippen LogP contribution in [0.1, 0.15) is 32.3 Å². The lowest BCUT2D eigenvalue weighted by molar-refractivity contribution is -0.385. The van der Waals surface area contributed by atoms with Gasteiger partial charge in [-0.25, -0.2) is 4.79 Å². The normalized spacial score (nSPS) is 10.4. The van der Waals surface area contributed by atoms with E-state index >= 15 is 0 Å². The summed E-state index contributed by atoms with van der Waals surface area (Å²) in [5.41, 5.74) is 0.521. The van der Waals surface area contributed by atoms with Crippen LogP contribution in [0.15, 0.2) is 12.1 Å². The SMILES string of the molecule is CCOCCOCCOC(=O)NCCNC(=O)CCCOc1cc([N+](=O)[O-])c(CC)cc1OC. The number of nitrogens with zero attached hydrogens (tertiary/aromatic N) is 1. The van der Waals surface area contributed by atoms with Crippen molar-refractivity contribution in [1.82, 2.24) is 10.6 Å². The van der Waals surface area contributed by atoms with E-state index in [1.807, 2.05) is 13.8 Å². The summed E-state index contributed by atoms with van der Waals surface area (Å²) in [6, 6.07) is 2.93. The van der Waals surface area contributed by atoms with Gasteiger partial charge in [-0.05, 0) is 25.8 Å². The molecule has 1 aromatic carbocycles. The maximum atomic E-state index is 11.9. The van der Waals surface area contributed by atoms with E-state index in [0.29, 0.717) is 44.0 Å². The van der Waals surface area contributed by atoms with Crippen LogP contribution in [0.25, 0.3) is 0 Å². The number of carbonyl (C=O) groups is 2. The molecule has 0 aliphatic carbocycles. The largest absolute Gasteiger partial charge is 0.493 e. The average molecular weight is 486 g/mol. The second-order valence-electron chi connectivity index (χ2n) is 6.92. The molecule has 12 heteroatoms. The van der Waals surface area contributed by atoms with Crippen molar-refractivity contribution >= 4 is 17.7 Å². The number of alkyl carbamates (subject to hydrolysis) is 1. The third-order valence-corrected chi connectivity index (χ3v) is 4.50. The van der Waals surface area contributed by atoms with Gasteiger partial charge in [0.1, 0.15) is 6.61 Å². The number of nitrogens with one attached hydrogen (secondary N) is 2. The van der Waals surface area contributed by atoms with Gasteiger partial charge in [0, 0.05) is 31.7 Å². The summed E-state index contributed by atoms with van der Waals surface area (Å²) in [7, 11) is 1.46. The Morgan fingerprint density at radius 2 is 1.68 bits per heavy atom. The first-order valence-corrected chi connectivity index (χ1v) is 11.2. The number of benzene rings is 1. The van der Waals surface area contributed by atoms with Gasteiger partial charge >= 0.3 is 6.09 Å². The number of aryl methyl sites for hydroxylation is 1. The monoisotopic (exact) mass is 485 g/mol. The molecule has 0 bridgehead atoms. The molecule has 0 aromatic heterocycles. The number of ether oxygens (including phenoxy) is 5. The third kappa shape index (κ3) is 11.7. The fourth-order valence-electron chi connectivity index (χ4n) is 2.80. The van der Waals surface area contributed by atoms with Gasteiger partial charge in [0.15, 0.2) is 11.5 Å². The van der Waals surface area contributed by atoms with Gasteiger partial charge in [0.2, 0.25) is 5.91 Å². The summed E-state index contributed by atoms with van der Waals surface area (Å²) in [5, 5.41) is 16.4. The average Bonchev–Trinajstić information content (AvgIpc) is 2.83. The third-order valence-electron chi connectivity index (χ3n) is 4.50. The molecule has 1 rings (SSSR count). The van der Waals surface area contributed by atoms with Gasteiger partial charge in [-0.15, -0.1) is 0 Å². The highest BCUT2D eigenvalue weighted by atomic mass is 16.6. The molecular weight excluding hydrogens is 450 g/mol. The number of amides is 2. The molecule has 0 aliphatic rings. The smallest absolute Gasteiger partial charge is 0.407 e. The Bertz CT molecular complexity index is 774. The van der Waals surface area contributed by atoms with E-state index in [1.165, 1.54) is 13.2 Å². The number of nitro groups is 1. The highest BCUT2D eigenvalue weighted by molar-refractivity contribution is 5.75. The van der Waals surface area contributed by atoms with Crippen LogP contribution in [0.5, 0.6) is 11.5 Å². The molecule has 1 aromatic rings. The first-order valence-electron chi connectivity index (χ1n) is 11.2. The standard InChI is InChI=1S/C22H35N3O9/c1-4-17-15-19(30-3)20(16-18(17)25(28)29)33-10-6-7-21(26)23-8-9-24-22(27)34-14-13-32-12-11-31-5-2/h15-16H,4-14H2,1-3H3,(H,23,26)(H,24,27). The summed E-state index contributed by atoms with van der Waals surface area (Å²) in [5.74, 6) is 0.455. The molecule has 192 valence electrons. The van der Waals surface area contributed by atoms with Crippen LogP contribution >= 0.6 is 0 Å². The first kappa shape index (κ1) is 28.9. The Labute approximate surface area is 199 Å². The van der Waals surface area contributed by atoms with E-state index in [9.17, 15) is 19.7 Å². The molecule has 0 radical (unpaired) electrons. The lowest BCUT2D eigenvalue weighted by Crippen LogP contribution is -2.35. The van der Waals surface area contributed by atoms with Gasteiger partial charge in [0.25, 0.3) is 5.69 Å². The van der Waals surface area contributed by atoms with Crippen LogP contribution in [-0.2, 0) is 25.4 Å². The Hall–Kier alpha value is -3.12. The highest BCUT2D eigenvalue weighted by Gasteiger charge is 2.18. The van der Waals surface area contributed by atoms with Crippen molar-refractivity contribution in [3.8, 4) is 11.5 Å². The fraction of sp³-hybridized carbons (Fsp3) is 0.636. The van der Waals surface area contributed by atoms with Gasteiger partial charge in [-0.3, -0.25) is 14.9 Å². The number of carbonyl (C=O) groups excluding carboxylic acids is 2. The Morgan fingerprint density at radius 1 is 0.971 bits per heavy atom. The van der Waals surface area contributed by atoms with E-state index in [2.05, 4.69) is 10.6 Å². The Morgan fingerprint density at radius 3 is 2.35 bits per heavy atom. The molecule has 0 atom stereocenters. The van der Waals surface area contributed by atoms with E-state index in [4.69, 9.17) is 23.7 Å². The molecule has 0 spiro atoms. The van der Waals surface area contributed by atoms with Crippen molar-refractivity contribution in [2.75, 3.05) is 59.8 Å². The van der Waals surface area contributed by atoms with Crippen LogP contribution in [-0.4, -0.2) is 76.8 Å². The van der Waals surface area contributed by atoms with Gasteiger partial charge in [-0.1, -0.05) is 6.92 Å². The van der Waals surface area contributed by atoms with Crippen molar-refractivity contribution in [2.45, 2.75) is 33.1 Å². The molecule has 0 aliphatic heterocycles. The molecular formula is C22H35N3O9. The van der Waals surface area contributed by atoms with E-state index in [0.717, 1.165) is 0 Å². The number of nitro benzene ring substituents is 1. The Balaban J connectivity index is 2.19. The number of hydrogen-bond acceptors (Lipinski definition) is 9. The zero-order valence-electron chi connectivity index (χ0n) is 20.1. The molecule has 0 saturated carbocycles. The minimum Gasteiger partial charge on any atom is -0.493 e. The number of methoxy groups -OCH3 is 1. The summed E-state index contributed by atoms with van der Waals surface area (Å²) >= 11 is 0. The van der Waals surface area contributed by atoms with Gasteiger partial charge in [0.05, 0.1) is 44.5 Å². The van der Waals surface area contributed by atoms with Crippen LogP contribution < -0.4 is 20.1 Å². The number of rotatable bonds is 18. The minimum atomic E-state index is -0.590. The molecule has 0 fully saturated rings. The van der Waals surface area contributed by atoms with Crippen LogP contribution in [0.2, 0.25) is 0 Å². The molecule has 0 unspecified atom stereocenters.